The van der Waals surface area contributed by atoms with Gasteiger partial charge in [0.25, 0.3) is 11.9 Å². The lowest BCUT2D eigenvalue weighted by molar-refractivity contribution is -0.137. The molecule has 5 heteroatoms. The van der Waals surface area contributed by atoms with Crippen molar-refractivity contribution in [2.75, 3.05) is 7.05 Å². The average Bonchev–Trinajstić information content (AvgIpc) is 2.56. The quantitative estimate of drug-likeness (QED) is 0.602. The van der Waals surface area contributed by atoms with E-state index in [1.807, 2.05) is 0 Å². The lowest BCUT2D eigenvalue weighted by atomic mass is 9.86. The summed E-state index contributed by atoms with van der Waals surface area (Å²) in [5.74, 6) is -0.176. The summed E-state index contributed by atoms with van der Waals surface area (Å²) < 4.78 is 5.48. The van der Waals surface area contributed by atoms with Crippen molar-refractivity contribution in [1.82, 2.24) is 4.90 Å². The molecule has 2 saturated heterocycles. The van der Waals surface area contributed by atoms with Gasteiger partial charge in [-0.05, 0) is 19.9 Å². The lowest BCUT2D eigenvalue weighted by Crippen LogP contribution is -2.53. The predicted molar refractivity (Wildman–Crippen MR) is 54.3 cm³/mol. The highest BCUT2D eigenvalue weighted by Gasteiger charge is 2.55. The normalized spacial score (nSPS) is 44.6. The summed E-state index contributed by atoms with van der Waals surface area (Å²) in [6, 6.07) is 0.951. The SMILES string of the molecule is CN1C2CCC1CC1(C2)OC(N)=NC1=O. The van der Waals surface area contributed by atoms with Gasteiger partial charge in [0.05, 0.1) is 0 Å². The minimum Gasteiger partial charge on any atom is -0.448 e. The third-order valence-electron chi connectivity index (χ3n) is 4.02. The zero-order chi connectivity index (χ0) is 10.6. The molecule has 0 aromatic heterocycles. The van der Waals surface area contributed by atoms with Crippen LogP contribution in [0.15, 0.2) is 4.99 Å². The van der Waals surface area contributed by atoms with Crippen molar-refractivity contribution >= 4 is 11.9 Å². The van der Waals surface area contributed by atoms with Crippen LogP contribution < -0.4 is 5.73 Å². The number of hydrogen-bond donors (Lipinski definition) is 1. The molecule has 0 saturated carbocycles. The van der Waals surface area contributed by atoms with Crippen molar-refractivity contribution in [2.45, 2.75) is 43.4 Å². The van der Waals surface area contributed by atoms with Crippen molar-refractivity contribution in [3.8, 4) is 0 Å². The molecule has 3 aliphatic heterocycles. The van der Waals surface area contributed by atoms with E-state index < -0.39 is 5.60 Å². The Hall–Kier alpha value is -1.10. The molecule has 3 aliphatic rings. The summed E-state index contributed by atoms with van der Waals surface area (Å²) in [5.41, 5.74) is 4.75. The van der Waals surface area contributed by atoms with Crippen molar-refractivity contribution in [3.05, 3.63) is 0 Å². The molecule has 0 radical (unpaired) electrons. The van der Waals surface area contributed by atoms with Crippen LogP contribution in [0.5, 0.6) is 0 Å². The highest BCUT2D eigenvalue weighted by Crippen LogP contribution is 2.43. The number of nitrogens with two attached hydrogens (primary N) is 1. The first-order valence-electron chi connectivity index (χ1n) is 5.40. The average molecular weight is 209 g/mol. The number of aliphatic imine (C=N–C) groups is 1. The standard InChI is InChI=1S/C10H15N3O2/c1-13-6-2-3-7(13)5-10(4-6)8(14)12-9(11)15-10/h6-7H,2-5H2,1H3,(H2,11,12,14). The van der Waals surface area contributed by atoms with E-state index in [-0.39, 0.29) is 11.9 Å². The van der Waals surface area contributed by atoms with Crippen molar-refractivity contribution in [1.29, 1.82) is 0 Å². The lowest BCUT2D eigenvalue weighted by Gasteiger charge is -2.40. The van der Waals surface area contributed by atoms with Crippen LogP contribution in [0.1, 0.15) is 25.7 Å². The van der Waals surface area contributed by atoms with Gasteiger partial charge in [0.2, 0.25) is 0 Å². The Morgan fingerprint density at radius 2 is 2.07 bits per heavy atom. The molecule has 2 fully saturated rings. The summed E-state index contributed by atoms with van der Waals surface area (Å²) >= 11 is 0. The van der Waals surface area contributed by atoms with Crippen LogP contribution in [0, 0.1) is 0 Å². The van der Waals surface area contributed by atoms with E-state index in [1.54, 1.807) is 0 Å². The molecule has 15 heavy (non-hydrogen) atoms. The van der Waals surface area contributed by atoms with Crippen molar-refractivity contribution < 1.29 is 9.53 Å². The molecular weight excluding hydrogens is 194 g/mol. The van der Waals surface area contributed by atoms with E-state index in [0.29, 0.717) is 12.1 Å². The number of carbonyl (C=O) groups excluding carboxylic acids is 1. The Kier molecular flexibility index (Phi) is 1.66. The number of carbonyl (C=O) groups is 1. The highest BCUT2D eigenvalue weighted by atomic mass is 16.5. The molecule has 2 bridgehead atoms. The summed E-state index contributed by atoms with van der Waals surface area (Å²) in [4.78, 5) is 17.8. The third kappa shape index (κ3) is 1.13. The zero-order valence-electron chi connectivity index (χ0n) is 8.77. The molecule has 3 heterocycles. The minimum absolute atomic E-state index is 0.0453. The second kappa shape index (κ2) is 2.72. The van der Waals surface area contributed by atoms with E-state index in [4.69, 9.17) is 10.5 Å². The smallest absolute Gasteiger partial charge is 0.294 e. The third-order valence-corrected chi connectivity index (χ3v) is 4.02. The zero-order valence-corrected chi connectivity index (χ0v) is 8.77. The molecule has 0 aliphatic carbocycles. The number of ether oxygens (including phenoxy) is 1. The maximum absolute atomic E-state index is 11.8. The summed E-state index contributed by atoms with van der Waals surface area (Å²) in [6.07, 6.45) is 3.78. The highest BCUT2D eigenvalue weighted by molar-refractivity contribution is 6.01. The van der Waals surface area contributed by atoms with Gasteiger partial charge in [0.1, 0.15) is 0 Å². The number of amidine groups is 1. The van der Waals surface area contributed by atoms with Gasteiger partial charge in [-0.15, -0.1) is 0 Å². The number of rotatable bonds is 0. The Bertz CT molecular complexity index is 339. The van der Waals surface area contributed by atoms with Gasteiger partial charge in [-0.2, -0.15) is 4.99 Å². The second-order valence-corrected chi connectivity index (χ2v) is 4.81. The van der Waals surface area contributed by atoms with Crippen LogP contribution in [0.2, 0.25) is 0 Å². The molecule has 0 aromatic rings. The molecule has 5 nitrogen and oxygen atoms in total. The van der Waals surface area contributed by atoms with Gasteiger partial charge in [-0.3, -0.25) is 4.79 Å². The Labute approximate surface area is 88.3 Å². The molecule has 1 amide bonds. The fraction of sp³-hybridized carbons (Fsp3) is 0.800. The first kappa shape index (κ1) is 9.15. The van der Waals surface area contributed by atoms with E-state index in [9.17, 15) is 4.79 Å². The second-order valence-electron chi connectivity index (χ2n) is 4.81. The summed E-state index contributed by atoms with van der Waals surface area (Å²) in [5, 5.41) is 0. The monoisotopic (exact) mass is 209 g/mol. The minimum atomic E-state index is -0.720. The predicted octanol–water partition coefficient (Wildman–Crippen LogP) is -0.147. The molecule has 3 rings (SSSR count). The Morgan fingerprint density at radius 3 is 2.53 bits per heavy atom. The van der Waals surface area contributed by atoms with Gasteiger partial charge in [0.15, 0.2) is 5.60 Å². The van der Waals surface area contributed by atoms with Crippen LogP contribution in [0.4, 0.5) is 0 Å². The number of amides is 1. The summed E-state index contributed by atoms with van der Waals surface area (Å²) in [6.45, 7) is 0. The van der Waals surface area contributed by atoms with Crippen LogP contribution in [0.25, 0.3) is 0 Å². The molecule has 2 N–H and O–H groups in total. The van der Waals surface area contributed by atoms with Crippen LogP contribution in [-0.2, 0) is 9.53 Å². The van der Waals surface area contributed by atoms with E-state index in [1.165, 1.54) is 0 Å². The molecule has 2 unspecified atom stereocenters. The largest absolute Gasteiger partial charge is 0.448 e. The molecule has 2 atom stereocenters. The van der Waals surface area contributed by atoms with Gasteiger partial charge in [0, 0.05) is 24.9 Å². The van der Waals surface area contributed by atoms with Gasteiger partial charge >= 0.3 is 0 Å². The topological polar surface area (TPSA) is 67.9 Å². The van der Waals surface area contributed by atoms with Gasteiger partial charge in [-0.1, -0.05) is 0 Å². The number of piperidine rings is 1. The first-order chi connectivity index (χ1) is 7.11. The fourth-order valence-corrected chi connectivity index (χ4v) is 3.15. The van der Waals surface area contributed by atoms with Crippen LogP contribution in [-0.4, -0.2) is 41.6 Å². The van der Waals surface area contributed by atoms with Crippen LogP contribution in [0.3, 0.4) is 0 Å². The summed E-state index contributed by atoms with van der Waals surface area (Å²) in [7, 11) is 2.12. The molecular formula is C10H15N3O2. The van der Waals surface area contributed by atoms with Gasteiger partial charge < -0.3 is 15.4 Å². The van der Waals surface area contributed by atoms with Crippen LogP contribution >= 0.6 is 0 Å². The van der Waals surface area contributed by atoms with Crippen molar-refractivity contribution in [2.24, 2.45) is 10.7 Å². The van der Waals surface area contributed by atoms with E-state index >= 15 is 0 Å². The Balaban J connectivity index is 1.89. The van der Waals surface area contributed by atoms with Crippen molar-refractivity contribution in [3.63, 3.8) is 0 Å². The molecule has 82 valence electrons. The fourth-order valence-electron chi connectivity index (χ4n) is 3.15. The molecule has 1 spiro atoms. The Morgan fingerprint density at radius 1 is 1.47 bits per heavy atom. The van der Waals surface area contributed by atoms with E-state index in [2.05, 4.69) is 16.9 Å². The number of hydrogen-bond acceptors (Lipinski definition) is 4. The maximum Gasteiger partial charge on any atom is 0.294 e. The maximum atomic E-state index is 11.8. The first-order valence-corrected chi connectivity index (χ1v) is 5.40. The number of fused-ring (bicyclic) bond motifs is 2. The van der Waals surface area contributed by atoms with Gasteiger partial charge in [-0.25, -0.2) is 0 Å². The number of nitrogens with zero attached hydrogens (tertiary/aromatic N) is 2. The molecule has 0 aromatic carbocycles. The van der Waals surface area contributed by atoms with E-state index in [0.717, 1.165) is 25.7 Å².